The lowest BCUT2D eigenvalue weighted by Gasteiger charge is -2.33. The van der Waals surface area contributed by atoms with Gasteiger partial charge in [0.15, 0.2) is 5.96 Å². The van der Waals surface area contributed by atoms with Gasteiger partial charge in [-0.25, -0.2) is 4.39 Å². The second kappa shape index (κ2) is 10.5. The molecule has 0 amide bonds. The number of rotatable bonds is 8. The molecule has 0 bridgehead atoms. The number of fused-ring (bicyclic) bond motifs is 1. The van der Waals surface area contributed by atoms with Crippen LogP contribution in [0.4, 0.5) is 4.39 Å². The molecule has 0 radical (unpaired) electrons. The Morgan fingerprint density at radius 1 is 1.25 bits per heavy atom. The largest absolute Gasteiger partial charge is 0.361 e. The molecule has 2 heterocycles. The minimum atomic E-state index is -0.197. The van der Waals surface area contributed by atoms with Gasteiger partial charge in [0.05, 0.1) is 0 Å². The zero-order valence-corrected chi connectivity index (χ0v) is 17.2. The van der Waals surface area contributed by atoms with Crippen LogP contribution in [-0.4, -0.2) is 55.1 Å². The van der Waals surface area contributed by atoms with E-state index in [9.17, 15) is 4.39 Å². The van der Waals surface area contributed by atoms with Crippen molar-refractivity contribution >= 4 is 16.9 Å². The number of likely N-dealkylation sites (tertiary alicyclic amines) is 1. The van der Waals surface area contributed by atoms with Crippen molar-refractivity contribution < 1.29 is 4.39 Å². The van der Waals surface area contributed by atoms with Gasteiger partial charge in [0, 0.05) is 43.3 Å². The van der Waals surface area contributed by atoms with Gasteiger partial charge < -0.3 is 20.5 Å². The van der Waals surface area contributed by atoms with Gasteiger partial charge in [-0.3, -0.25) is 4.99 Å². The first kappa shape index (κ1) is 20.6. The van der Waals surface area contributed by atoms with Crippen molar-refractivity contribution in [2.45, 2.75) is 51.5 Å². The molecule has 1 aliphatic heterocycles. The first-order valence-electron chi connectivity index (χ1n) is 10.6. The van der Waals surface area contributed by atoms with Crippen molar-refractivity contribution in [3.05, 3.63) is 35.8 Å². The Morgan fingerprint density at radius 2 is 2.11 bits per heavy atom. The van der Waals surface area contributed by atoms with Crippen LogP contribution in [-0.2, 0) is 6.42 Å². The third-order valence-corrected chi connectivity index (χ3v) is 5.74. The SMILES string of the molecule is CN=C(NCCCCN1CCCCC1C)NCCc1c[nH]c2ccc(F)cc12. The fourth-order valence-corrected chi connectivity index (χ4v) is 4.03. The highest BCUT2D eigenvalue weighted by Gasteiger charge is 2.16. The number of nitrogens with one attached hydrogen (secondary N) is 3. The number of nitrogens with zero attached hydrogens (tertiary/aromatic N) is 2. The summed E-state index contributed by atoms with van der Waals surface area (Å²) < 4.78 is 13.5. The second-order valence-electron chi connectivity index (χ2n) is 7.77. The number of aromatic amines is 1. The second-order valence-corrected chi connectivity index (χ2v) is 7.77. The van der Waals surface area contributed by atoms with Gasteiger partial charge in [-0.15, -0.1) is 0 Å². The Bertz CT molecular complexity index is 769. The van der Waals surface area contributed by atoms with E-state index in [1.807, 2.05) is 6.20 Å². The van der Waals surface area contributed by atoms with Crippen molar-refractivity contribution in [2.75, 3.05) is 33.2 Å². The minimum absolute atomic E-state index is 0.197. The van der Waals surface area contributed by atoms with Crippen molar-refractivity contribution in [1.29, 1.82) is 0 Å². The Labute approximate surface area is 167 Å². The number of piperidine rings is 1. The summed E-state index contributed by atoms with van der Waals surface area (Å²) in [7, 11) is 1.80. The Balaban J connectivity index is 1.34. The molecule has 5 nitrogen and oxygen atoms in total. The molecule has 1 aromatic heterocycles. The summed E-state index contributed by atoms with van der Waals surface area (Å²) in [6, 6.07) is 5.61. The number of unbranched alkanes of at least 4 members (excludes halogenated alkanes) is 1. The van der Waals surface area contributed by atoms with E-state index in [1.165, 1.54) is 44.8 Å². The first-order chi connectivity index (χ1) is 13.7. The summed E-state index contributed by atoms with van der Waals surface area (Å²) >= 11 is 0. The molecule has 1 atom stereocenters. The normalized spacial score (nSPS) is 18.5. The van der Waals surface area contributed by atoms with Crippen LogP contribution in [0.25, 0.3) is 10.9 Å². The molecule has 154 valence electrons. The van der Waals surface area contributed by atoms with Crippen LogP contribution >= 0.6 is 0 Å². The highest BCUT2D eigenvalue weighted by molar-refractivity contribution is 5.83. The predicted octanol–water partition coefficient (Wildman–Crippen LogP) is 3.67. The molecule has 1 unspecified atom stereocenters. The van der Waals surface area contributed by atoms with Crippen LogP contribution in [0.15, 0.2) is 29.4 Å². The number of halogens is 1. The molecule has 0 aliphatic carbocycles. The molecule has 6 heteroatoms. The fourth-order valence-electron chi connectivity index (χ4n) is 4.03. The monoisotopic (exact) mass is 387 g/mol. The summed E-state index contributed by atoms with van der Waals surface area (Å²) in [5, 5.41) is 7.71. The molecule has 28 heavy (non-hydrogen) atoms. The van der Waals surface area contributed by atoms with E-state index in [0.29, 0.717) is 0 Å². The fraction of sp³-hybridized carbons (Fsp3) is 0.591. The van der Waals surface area contributed by atoms with Gasteiger partial charge in [0.2, 0.25) is 0 Å². The first-order valence-corrected chi connectivity index (χ1v) is 10.6. The number of H-pyrrole nitrogens is 1. The Hall–Kier alpha value is -2.08. The van der Waals surface area contributed by atoms with Crippen LogP contribution < -0.4 is 10.6 Å². The molecule has 3 rings (SSSR count). The third-order valence-electron chi connectivity index (χ3n) is 5.74. The molecular weight excluding hydrogens is 353 g/mol. The van der Waals surface area contributed by atoms with Gasteiger partial charge in [-0.1, -0.05) is 6.42 Å². The van der Waals surface area contributed by atoms with Crippen LogP contribution in [0.5, 0.6) is 0 Å². The van der Waals surface area contributed by atoms with Gasteiger partial charge in [0.25, 0.3) is 0 Å². The molecule has 0 spiro atoms. The maximum atomic E-state index is 13.5. The maximum absolute atomic E-state index is 13.5. The van der Waals surface area contributed by atoms with E-state index in [0.717, 1.165) is 54.4 Å². The minimum Gasteiger partial charge on any atom is -0.361 e. The van der Waals surface area contributed by atoms with Crippen molar-refractivity contribution in [3.63, 3.8) is 0 Å². The highest BCUT2D eigenvalue weighted by atomic mass is 19.1. The van der Waals surface area contributed by atoms with Crippen LogP contribution in [0, 0.1) is 5.82 Å². The molecule has 1 aliphatic rings. The summed E-state index contributed by atoms with van der Waals surface area (Å²) in [6.45, 7) is 6.50. The molecule has 0 saturated carbocycles. The predicted molar refractivity (Wildman–Crippen MR) is 115 cm³/mol. The van der Waals surface area contributed by atoms with E-state index in [4.69, 9.17) is 0 Å². The van der Waals surface area contributed by atoms with Crippen LogP contribution in [0.3, 0.4) is 0 Å². The zero-order chi connectivity index (χ0) is 19.8. The average molecular weight is 388 g/mol. The third kappa shape index (κ3) is 5.71. The number of aromatic nitrogens is 1. The average Bonchev–Trinajstić information content (AvgIpc) is 3.09. The van der Waals surface area contributed by atoms with Gasteiger partial charge in [0.1, 0.15) is 5.82 Å². The summed E-state index contributed by atoms with van der Waals surface area (Å²) in [5.41, 5.74) is 2.09. The summed E-state index contributed by atoms with van der Waals surface area (Å²) in [5.74, 6) is 0.634. The number of hydrogen-bond acceptors (Lipinski definition) is 2. The molecule has 1 fully saturated rings. The zero-order valence-electron chi connectivity index (χ0n) is 17.2. The molecule has 1 aromatic carbocycles. The number of aliphatic imine (C=N–C) groups is 1. The molecule has 3 N–H and O–H groups in total. The van der Waals surface area contributed by atoms with Gasteiger partial charge >= 0.3 is 0 Å². The highest BCUT2D eigenvalue weighted by Crippen LogP contribution is 2.19. The Morgan fingerprint density at radius 3 is 2.93 bits per heavy atom. The topological polar surface area (TPSA) is 55.5 Å². The van der Waals surface area contributed by atoms with Gasteiger partial charge in [-0.2, -0.15) is 0 Å². The molecule has 2 aromatic rings. The van der Waals surface area contributed by atoms with Crippen molar-refractivity contribution in [3.8, 4) is 0 Å². The number of benzene rings is 1. The Kier molecular flexibility index (Phi) is 7.71. The molecular formula is C22H34FN5. The van der Waals surface area contributed by atoms with E-state index >= 15 is 0 Å². The van der Waals surface area contributed by atoms with E-state index in [1.54, 1.807) is 19.2 Å². The van der Waals surface area contributed by atoms with Crippen LogP contribution in [0.1, 0.15) is 44.6 Å². The van der Waals surface area contributed by atoms with Crippen molar-refractivity contribution in [1.82, 2.24) is 20.5 Å². The quantitative estimate of drug-likeness (QED) is 0.368. The lowest BCUT2D eigenvalue weighted by molar-refractivity contribution is 0.158. The molecule has 1 saturated heterocycles. The van der Waals surface area contributed by atoms with E-state index in [2.05, 4.69) is 32.4 Å². The summed E-state index contributed by atoms with van der Waals surface area (Å²) in [6.07, 6.45) is 9.22. The van der Waals surface area contributed by atoms with E-state index < -0.39 is 0 Å². The van der Waals surface area contributed by atoms with Crippen molar-refractivity contribution in [2.24, 2.45) is 4.99 Å². The number of hydrogen-bond donors (Lipinski definition) is 3. The standard InChI is InChI=1S/C22H34FN5/c1-17-7-3-5-13-28(17)14-6-4-11-25-22(24-2)26-12-10-18-16-27-21-9-8-19(23)15-20(18)21/h8-9,15-17,27H,3-7,10-14H2,1-2H3,(H2,24,25,26). The van der Waals surface area contributed by atoms with E-state index in [-0.39, 0.29) is 5.82 Å². The maximum Gasteiger partial charge on any atom is 0.190 e. The lowest BCUT2D eigenvalue weighted by Crippen LogP contribution is -2.40. The summed E-state index contributed by atoms with van der Waals surface area (Å²) in [4.78, 5) is 10.1. The smallest absolute Gasteiger partial charge is 0.190 e. The lowest BCUT2D eigenvalue weighted by atomic mass is 10.0. The van der Waals surface area contributed by atoms with Crippen LogP contribution in [0.2, 0.25) is 0 Å². The number of guanidine groups is 1. The van der Waals surface area contributed by atoms with Gasteiger partial charge in [-0.05, 0) is 75.9 Å².